The van der Waals surface area contributed by atoms with Crippen LogP contribution in [-0.4, -0.2) is 0 Å². The zero-order chi connectivity index (χ0) is 12.3. The van der Waals surface area contributed by atoms with Crippen LogP contribution in [0.15, 0.2) is 30.8 Å². The van der Waals surface area contributed by atoms with Crippen LogP contribution in [-0.2, 0) is 6.18 Å². The van der Waals surface area contributed by atoms with Crippen LogP contribution < -0.4 is 0 Å². The van der Waals surface area contributed by atoms with Crippen molar-refractivity contribution in [2.75, 3.05) is 0 Å². The van der Waals surface area contributed by atoms with Gasteiger partial charge < -0.3 is 0 Å². The van der Waals surface area contributed by atoms with Crippen molar-refractivity contribution in [3.05, 3.63) is 42.0 Å². The van der Waals surface area contributed by atoms with Gasteiger partial charge in [-0.3, -0.25) is 0 Å². The molecule has 0 atom stereocenters. The summed E-state index contributed by atoms with van der Waals surface area (Å²) in [7, 11) is 0. The van der Waals surface area contributed by atoms with E-state index in [1.807, 2.05) is 13.8 Å². The number of hydrogen-bond acceptors (Lipinski definition) is 0. The van der Waals surface area contributed by atoms with E-state index in [9.17, 15) is 13.2 Å². The van der Waals surface area contributed by atoms with E-state index in [1.165, 1.54) is 6.07 Å². The largest absolute Gasteiger partial charge is 0.416 e. The minimum atomic E-state index is -4.28. The van der Waals surface area contributed by atoms with Crippen molar-refractivity contribution >= 4 is 5.57 Å². The van der Waals surface area contributed by atoms with Gasteiger partial charge in [0.05, 0.1) is 5.56 Å². The third-order valence-electron chi connectivity index (χ3n) is 2.25. The highest BCUT2D eigenvalue weighted by Crippen LogP contribution is 2.31. The van der Waals surface area contributed by atoms with Crippen LogP contribution in [0.2, 0.25) is 0 Å². The van der Waals surface area contributed by atoms with Crippen molar-refractivity contribution in [2.24, 2.45) is 5.92 Å². The van der Waals surface area contributed by atoms with Crippen molar-refractivity contribution in [2.45, 2.75) is 26.4 Å². The summed E-state index contributed by atoms with van der Waals surface area (Å²) in [6.45, 7) is 7.85. The van der Waals surface area contributed by atoms with Crippen molar-refractivity contribution in [1.82, 2.24) is 0 Å². The maximum Gasteiger partial charge on any atom is 0.416 e. The lowest BCUT2D eigenvalue weighted by atomic mass is 9.96. The minimum Gasteiger partial charge on any atom is -0.166 e. The second kappa shape index (κ2) is 4.73. The van der Waals surface area contributed by atoms with Crippen LogP contribution in [0.1, 0.15) is 31.4 Å². The molecule has 0 fully saturated rings. The smallest absolute Gasteiger partial charge is 0.166 e. The van der Waals surface area contributed by atoms with Crippen LogP contribution >= 0.6 is 0 Å². The van der Waals surface area contributed by atoms with Crippen molar-refractivity contribution in [3.8, 4) is 0 Å². The Morgan fingerprint density at radius 3 is 2.44 bits per heavy atom. The Hall–Kier alpha value is -1.25. The molecule has 0 spiro atoms. The van der Waals surface area contributed by atoms with Gasteiger partial charge in [-0.25, -0.2) is 0 Å². The van der Waals surface area contributed by atoms with Crippen LogP contribution in [0.4, 0.5) is 13.2 Å². The molecule has 0 bridgehead atoms. The fraction of sp³-hybridized carbons (Fsp3) is 0.385. The molecule has 1 rings (SSSR count). The van der Waals surface area contributed by atoms with Gasteiger partial charge in [0, 0.05) is 0 Å². The molecule has 0 unspecified atom stereocenters. The van der Waals surface area contributed by atoms with E-state index < -0.39 is 11.7 Å². The van der Waals surface area contributed by atoms with E-state index in [4.69, 9.17) is 0 Å². The minimum absolute atomic E-state index is 0.391. The number of halogens is 3. The van der Waals surface area contributed by atoms with Gasteiger partial charge in [0.2, 0.25) is 0 Å². The molecule has 3 heteroatoms. The summed E-state index contributed by atoms with van der Waals surface area (Å²) in [6.07, 6.45) is -3.57. The molecule has 1 aromatic carbocycles. The third-order valence-corrected chi connectivity index (χ3v) is 2.25. The van der Waals surface area contributed by atoms with Gasteiger partial charge in [0.1, 0.15) is 0 Å². The van der Waals surface area contributed by atoms with Gasteiger partial charge in [0.25, 0.3) is 0 Å². The lowest BCUT2D eigenvalue weighted by molar-refractivity contribution is -0.137. The number of benzene rings is 1. The first-order chi connectivity index (χ1) is 7.30. The quantitative estimate of drug-likeness (QED) is 0.699. The molecule has 0 aromatic heterocycles. The van der Waals surface area contributed by atoms with Gasteiger partial charge >= 0.3 is 6.18 Å². The average molecular weight is 228 g/mol. The lowest BCUT2D eigenvalue weighted by Gasteiger charge is -2.11. The summed E-state index contributed by atoms with van der Waals surface area (Å²) < 4.78 is 37.4. The zero-order valence-electron chi connectivity index (χ0n) is 9.43. The van der Waals surface area contributed by atoms with Gasteiger partial charge in [-0.15, -0.1) is 0 Å². The summed E-state index contributed by atoms with van der Waals surface area (Å²) in [5.74, 6) is 0.391. The fourth-order valence-corrected chi connectivity index (χ4v) is 1.53. The fourth-order valence-electron chi connectivity index (χ4n) is 1.53. The van der Waals surface area contributed by atoms with E-state index in [0.717, 1.165) is 17.7 Å². The summed E-state index contributed by atoms with van der Waals surface area (Å²) >= 11 is 0. The van der Waals surface area contributed by atoms with Gasteiger partial charge in [-0.05, 0) is 35.6 Å². The molecule has 1 aromatic rings. The van der Waals surface area contributed by atoms with E-state index in [0.29, 0.717) is 17.9 Å². The second-order valence-corrected chi connectivity index (χ2v) is 4.28. The summed E-state index contributed by atoms with van der Waals surface area (Å²) in [6, 6.07) is 5.32. The maximum atomic E-state index is 12.5. The topological polar surface area (TPSA) is 0 Å². The molecule has 0 heterocycles. The van der Waals surface area contributed by atoms with E-state index >= 15 is 0 Å². The summed E-state index contributed by atoms with van der Waals surface area (Å²) in [4.78, 5) is 0. The predicted molar refractivity (Wildman–Crippen MR) is 59.9 cm³/mol. The molecule has 0 saturated carbocycles. The number of rotatable bonds is 3. The Bertz CT molecular complexity index is 375. The lowest BCUT2D eigenvalue weighted by Crippen LogP contribution is -2.05. The molecule has 0 saturated heterocycles. The zero-order valence-corrected chi connectivity index (χ0v) is 9.43. The molecule has 0 radical (unpaired) electrons. The van der Waals surface area contributed by atoms with E-state index in [2.05, 4.69) is 6.58 Å². The molecule has 0 aliphatic rings. The van der Waals surface area contributed by atoms with E-state index in [1.54, 1.807) is 6.07 Å². The molecule has 16 heavy (non-hydrogen) atoms. The van der Waals surface area contributed by atoms with Crippen molar-refractivity contribution in [3.63, 3.8) is 0 Å². The Morgan fingerprint density at radius 1 is 1.31 bits per heavy atom. The van der Waals surface area contributed by atoms with Gasteiger partial charge in [-0.2, -0.15) is 13.2 Å². The Morgan fingerprint density at radius 2 is 1.94 bits per heavy atom. The molecule has 0 N–H and O–H groups in total. The molecule has 0 aliphatic heterocycles. The molecular formula is C13H15F3. The standard InChI is InChI=1S/C13H15F3/c1-9(2)7-10(3)11-5-4-6-12(8-11)13(14,15)16/h4-6,8-9H,3,7H2,1-2H3. The molecule has 88 valence electrons. The molecular weight excluding hydrogens is 213 g/mol. The third kappa shape index (κ3) is 3.40. The van der Waals surface area contributed by atoms with Gasteiger partial charge in [-0.1, -0.05) is 32.6 Å². The molecule has 0 aliphatic carbocycles. The highest BCUT2D eigenvalue weighted by molar-refractivity contribution is 5.64. The highest BCUT2D eigenvalue weighted by atomic mass is 19.4. The van der Waals surface area contributed by atoms with E-state index in [-0.39, 0.29) is 0 Å². The normalized spacial score (nSPS) is 11.9. The molecule has 0 amide bonds. The monoisotopic (exact) mass is 228 g/mol. The molecule has 0 nitrogen and oxygen atoms in total. The number of alkyl halides is 3. The predicted octanol–water partition coefficient (Wildman–Crippen LogP) is 4.76. The second-order valence-electron chi connectivity index (χ2n) is 4.28. The Kier molecular flexibility index (Phi) is 3.79. The summed E-state index contributed by atoms with van der Waals surface area (Å²) in [5, 5.41) is 0. The first-order valence-electron chi connectivity index (χ1n) is 5.16. The van der Waals surface area contributed by atoms with Crippen LogP contribution in [0.5, 0.6) is 0 Å². The SMILES string of the molecule is C=C(CC(C)C)c1cccc(C(F)(F)F)c1. The Balaban J connectivity index is 2.95. The van der Waals surface area contributed by atoms with Crippen molar-refractivity contribution in [1.29, 1.82) is 0 Å². The first-order valence-corrected chi connectivity index (χ1v) is 5.16. The average Bonchev–Trinajstić information content (AvgIpc) is 2.15. The summed E-state index contributed by atoms with van der Waals surface area (Å²) in [5.41, 5.74) is 0.708. The number of hydrogen-bond donors (Lipinski definition) is 0. The van der Waals surface area contributed by atoms with Crippen LogP contribution in [0, 0.1) is 5.92 Å². The van der Waals surface area contributed by atoms with Crippen molar-refractivity contribution < 1.29 is 13.2 Å². The first kappa shape index (κ1) is 12.8. The number of allylic oxidation sites excluding steroid dienone is 1. The Labute approximate surface area is 93.8 Å². The maximum absolute atomic E-state index is 12.5. The highest BCUT2D eigenvalue weighted by Gasteiger charge is 2.30. The van der Waals surface area contributed by atoms with Crippen LogP contribution in [0.25, 0.3) is 5.57 Å². The van der Waals surface area contributed by atoms with Crippen LogP contribution in [0.3, 0.4) is 0 Å². The van der Waals surface area contributed by atoms with Gasteiger partial charge in [0.15, 0.2) is 0 Å².